The third kappa shape index (κ3) is 3.28. The Labute approximate surface area is 156 Å². The van der Waals surface area contributed by atoms with Crippen molar-refractivity contribution in [2.45, 2.75) is 37.6 Å². The van der Waals surface area contributed by atoms with Crippen molar-refractivity contribution in [3.8, 4) is 10.7 Å². The molecular formula is C19H20N4S2. The summed E-state index contributed by atoms with van der Waals surface area (Å²) < 4.78 is 1.88. The Hall–Kier alpha value is -1.92. The highest BCUT2D eigenvalue weighted by molar-refractivity contribution is 8.00. The second kappa shape index (κ2) is 6.77. The van der Waals surface area contributed by atoms with E-state index in [1.165, 1.54) is 11.1 Å². The van der Waals surface area contributed by atoms with Crippen LogP contribution in [0, 0.1) is 5.92 Å². The number of thioether (sulfide) groups is 1. The number of aromatic nitrogens is 3. The SMILES string of the molecule is CC(C)Cc1ccc(C2=Nn3c(nnc3-c3cccs3)S[C@@H]2C)cc1. The molecule has 3 heterocycles. The smallest absolute Gasteiger partial charge is 0.186 e. The average Bonchev–Trinajstić information content (AvgIpc) is 3.23. The lowest BCUT2D eigenvalue weighted by Gasteiger charge is -2.20. The van der Waals surface area contributed by atoms with Gasteiger partial charge in [-0.05, 0) is 41.8 Å². The molecule has 0 unspecified atom stereocenters. The zero-order chi connectivity index (χ0) is 17.4. The van der Waals surface area contributed by atoms with Gasteiger partial charge in [-0.15, -0.1) is 21.5 Å². The number of hydrogen-bond donors (Lipinski definition) is 0. The van der Waals surface area contributed by atoms with Crippen LogP contribution in [0.25, 0.3) is 10.7 Å². The number of thiophene rings is 1. The molecule has 4 rings (SSSR count). The van der Waals surface area contributed by atoms with Gasteiger partial charge in [-0.2, -0.15) is 9.78 Å². The van der Waals surface area contributed by atoms with Gasteiger partial charge in [-0.3, -0.25) is 0 Å². The maximum atomic E-state index is 4.90. The van der Waals surface area contributed by atoms with E-state index >= 15 is 0 Å². The summed E-state index contributed by atoms with van der Waals surface area (Å²) in [5.74, 6) is 1.48. The second-order valence-electron chi connectivity index (χ2n) is 6.64. The maximum absolute atomic E-state index is 4.90. The van der Waals surface area contributed by atoms with Crippen LogP contribution in [-0.4, -0.2) is 25.8 Å². The van der Waals surface area contributed by atoms with E-state index in [0.29, 0.717) is 5.92 Å². The number of fused-ring (bicyclic) bond motifs is 1. The molecule has 0 spiro atoms. The number of benzene rings is 1. The molecule has 3 aromatic rings. The lowest BCUT2D eigenvalue weighted by Crippen LogP contribution is -2.21. The van der Waals surface area contributed by atoms with E-state index < -0.39 is 0 Å². The summed E-state index contributed by atoms with van der Waals surface area (Å²) in [7, 11) is 0. The Bertz CT molecular complexity index is 892. The molecule has 25 heavy (non-hydrogen) atoms. The van der Waals surface area contributed by atoms with Gasteiger partial charge in [0.25, 0.3) is 0 Å². The fourth-order valence-electron chi connectivity index (χ4n) is 2.97. The topological polar surface area (TPSA) is 43.1 Å². The van der Waals surface area contributed by atoms with Crippen molar-refractivity contribution in [2.75, 3.05) is 0 Å². The summed E-state index contributed by atoms with van der Waals surface area (Å²) in [6, 6.07) is 12.9. The largest absolute Gasteiger partial charge is 0.213 e. The minimum Gasteiger partial charge on any atom is -0.186 e. The Morgan fingerprint density at radius 3 is 2.60 bits per heavy atom. The van der Waals surface area contributed by atoms with Gasteiger partial charge in [0.2, 0.25) is 5.16 Å². The number of nitrogens with zero attached hydrogens (tertiary/aromatic N) is 4. The molecule has 2 aromatic heterocycles. The first-order valence-corrected chi connectivity index (χ1v) is 10.2. The molecular weight excluding hydrogens is 348 g/mol. The molecule has 1 atom stereocenters. The standard InChI is InChI=1S/C19H20N4S2/c1-12(2)11-14-6-8-15(9-7-14)17-13(3)25-19-21-20-18(23(19)22-17)16-5-4-10-24-16/h4-10,12-13H,11H2,1-3H3/t13-/m1/s1. The van der Waals surface area contributed by atoms with Crippen molar-refractivity contribution < 1.29 is 0 Å². The molecule has 0 N–H and O–H groups in total. The highest BCUT2D eigenvalue weighted by Crippen LogP contribution is 2.34. The van der Waals surface area contributed by atoms with Crippen LogP contribution in [0.4, 0.5) is 0 Å². The normalized spacial score (nSPS) is 16.8. The van der Waals surface area contributed by atoms with E-state index in [9.17, 15) is 0 Å². The minimum absolute atomic E-state index is 0.254. The van der Waals surface area contributed by atoms with Crippen molar-refractivity contribution in [1.82, 2.24) is 14.9 Å². The molecule has 1 aliphatic rings. The zero-order valence-electron chi connectivity index (χ0n) is 14.5. The van der Waals surface area contributed by atoms with Crippen LogP contribution in [0.3, 0.4) is 0 Å². The van der Waals surface area contributed by atoms with Crippen molar-refractivity contribution in [3.63, 3.8) is 0 Å². The van der Waals surface area contributed by atoms with Crippen molar-refractivity contribution in [3.05, 3.63) is 52.9 Å². The Kier molecular flexibility index (Phi) is 4.48. The van der Waals surface area contributed by atoms with Crippen LogP contribution in [0.2, 0.25) is 0 Å². The summed E-state index contributed by atoms with van der Waals surface area (Å²) in [5, 5.41) is 16.7. The molecule has 1 aliphatic heterocycles. The average molecular weight is 369 g/mol. The zero-order valence-corrected chi connectivity index (χ0v) is 16.1. The first-order valence-electron chi connectivity index (χ1n) is 8.46. The van der Waals surface area contributed by atoms with Crippen LogP contribution < -0.4 is 0 Å². The van der Waals surface area contributed by atoms with Gasteiger partial charge in [0.1, 0.15) is 0 Å². The monoisotopic (exact) mass is 368 g/mol. The Morgan fingerprint density at radius 1 is 1.12 bits per heavy atom. The highest BCUT2D eigenvalue weighted by Gasteiger charge is 2.26. The first kappa shape index (κ1) is 16.5. The molecule has 0 amide bonds. The fraction of sp³-hybridized carbons (Fsp3) is 0.316. The van der Waals surface area contributed by atoms with E-state index in [1.807, 2.05) is 16.1 Å². The lowest BCUT2D eigenvalue weighted by molar-refractivity contribution is 0.647. The summed E-state index contributed by atoms with van der Waals surface area (Å²) in [4.78, 5) is 1.09. The third-order valence-corrected chi connectivity index (χ3v) is 6.03. The predicted octanol–water partition coefficient (Wildman–Crippen LogP) is 4.95. The molecule has 4 nitrogen and oxygen atoms in total. The molecule has 6 heteroatoms. The van der Waals surface area contributed by atoms with Crippen molar-refractivity contribution in [1.29, 1.82) is 0 Å². The fourth-order valence-corrected chi connectivity index (χ4v) is 4.59. The number of hydrogen-bond acceptors (Lipinski definition) is 5. The van der Waals surface area contributed by atoms with Gasteiger partial charge in [0.05, 0.1) is 15.8 Å². The maximum Gasteiger partial charge on any atom is 0.213 e. The van der Waals surface area contributed by atoms with Crippen molar-refractivity contribution in [2.24, 2.45) is 11.0 Å². The molecule has 0 aliphatic carbocycles. The molecule has 0 saturated heterocycles. The molecule has 0 radical (unpaired) electrons. The number of rotatable bonds is 4. The highest BCUT2D eigenvalue weighted by atomic mass is 32.2. The summed E-state index contributed by atoms with van der Waals surface area (Å²) in [6.45, 7) is 6.67. The van der Waals surface area contributed by atoms with Gasteiger partial charge in [-0.1, -0.05) is 55.9 Å². The van der Waals surface area contributed by atoms with Crippen LogP contribution in [-0.2, 0) is 6.42 Å². The quantitative estimate of drug-likeness (QED) is 0.654. The first-order chi connectivity index (χ1) is 12.1. The molecule has 1 aromatic carbocycles. The van der Waals surface area contributed by atoms with Gasteiger partial charge in [0.15, 0.2) is 5.82 Å². The molecule has 128 valence electrons. The lowest BCUT2D eigenvalue weighted by atomic mass is 10.00. The minimum atomic E-state index is 0.254. The van der Waals surface area contributed by atoms with Crippen LogP contribution in [0.1, 0.15) is 31.9 Å². The molecule has 0 fully saturated rings. The summed E-state index contributed by atoms with van der Waals surface area (Å²) in [5.41, 5.74) is 3.62. The van der Waals surface area contributed by atoms with E-state index in [0.717, 1.165) is 28.0 Å². The van der Waals surface area contributed by atoms with E-state index in [4.69, 9.17) is 5.10 Å². The van der Waals surface area contributed by atoms with E-state index in [-0.39, 0.29) is 5.25 Å². The molecule has 0 bridgehead atoms. The van der Waals surface area contributed by atoms with Gasteiger partial charge >= 0.3 is 0 Å². The van der Waals surface area contributed by atoms with Crippen LogP contribution >= 0.6 is 23.1 Å². The summed E-state index contributed by atoms with van der Waals surface area (Å²) in [6.07, 6.45) is 1.11. The summed E-state index contributed by atoms with van der Waals surface area (Å²) >= 11 is 3.37. The van der Waals surface area contributed by atoms with Gasteiger partial charge < -0.3 is 0 Å². The third-order valence-electron chi connectivity index (χ3n) is 4.12. The molecule has 0 saturated carbocycles. The van der Waals surface area contributed by atoms with E-state index in [2.05, 4.69) is 61.3 Å². The Balaban J connectivity index is 1.71. The Morgan fingerprint density at radius 2 is 1.92 bits per heavy atom. The van der Waals surface area contributed by atoms with Crippen molar-refractivity contribution >= 4 is 28.8 Å². The second-order valence-corrected chi connectivity index (χ2v) is 8.89. The van der Waals surface area contributed by atoms with Crippen LogP contribution in [0.15, 0.2) is 52.0 Å². The van der Waals surface area contributed by atoms with E-state index in [1.54, 1.807) is 23.1 Å². The van der Waals surface area contributed by atoms with Gasteiger partial charge in [-0.25, -0.2) is 0 Å². The predicted molar refractivity (Wildman–Crippen MR) is 106 cm³/mol. The van der Waals surface area contributed by atoms with Crippen LogP contribution in [0.5, 0.6) is 0 Å². The van der Waals surface area contributed by atoms with Gasteiger partial charge in [0, 0.05) is 0 Å².